The van der Waals surface area contributed by atoms with Gasteiger partial charge in [-0.1, -0.05) is 5.16 Å². The zero-order chi connectivity index (χ0) is 14.2. The summed E-state index contributed by atoms with van der Waals surface area (Å²) in [7, 11) is 0. The Balaban J connectivity index is 1.95. The van der Waals surface area contributed by atoms with Gasteiger partial charge in [0.05, 0.1) is 5.56 Å². The zero-order valence-corrected chi connectivity index (χ0v) is 11.2. The Bertz CT molecular complexity index is 621. The van der Waals surface area contributed by atoms with Gasteiger partial charge in [0, 0.05) is 12.3 Å². The second kappa shape index (κ2) is 4.86. The fraction of sp³-hybridized carbons (Fsp3) is 0.429. The molecular formula is C14H16FN3O2. The van der Waals surface area contributed by atoms with E-state index in [1.54, 1.807) is 0 Å². The number of aromatic nitrogens is 2. The van der Waals surface area contributed by atoms with E-state index in [4.69, 9.17) is 15.0 Å². The number of anilines is 1. The molecule has 1 aromatic heterocycles. The van der Waals surface area contributed by atoms with E-state index < -0.39 is 11.4 Å². The van der Waals surface area contributed by atoms with Crippen LogP contribution in [0.2, 0.25) is 0 Å². The van der Waals surface area contributed by atoms with E-state index in [1.165, 1.54) is 18.2 Å². The highest BCUT2D eigenvalue weighted by atomic mass is 19.1. The van der Waals surface area contributed by atoms with Gasteiger partial charge in [0.25, 0.3) is 5.89 Å². The van der Waals surface area contributed by atoms with Gasteiger partial charge in [-0.2, -0.15) is 4.98 Å². The third-order valence-corrected chi connectivity index (χ3v) is 3.59. The van der Waals surface area contributed by atoms with E-state index in [0.29, 0.717) is 18.1 Å². The van der Waals surface area contributed by atoms with Gasteiger partial charge in [-0.25, -0.2) is 4.39 Å². The van der Waals surface area contributed by atoms with Gasteiger partial charge in [0.15, 0.2) is 0 Å². The van der Waals surface area contributed by atoms with Crippen molar-refractivity contribution in [3.05, 3.63) is 29.8 Å². The van der Waals surface area contributed by atoms with Gasteiger partial charge in [0.2, 0.25) is 5.82 Å². The lowest BCUT2D eigenvalue weighted by Crippen LogP contribution is -2.31. The standard InChI is InChI=1S/C14H16FN3O2/c1-14(6-2-3-7-19-14)13-17-12(20-18-13)10-8-9(16)4-5-11(10)15/h4-5,8H,2-3,6-7,16H2,1H3. The van der Waals surface area contributed by atoms with E-state index in [9.17, 15) is 4.39 Å². The molecule has 0 radical (unpaired) electrons. The van der Waals surface area contributed by atoms with Crippen molar-refractivity contribution in [2.75, 3.05) is 12.3 Å². The van der Waals surface area contributed by atoms with Crippen molar-refractivity contribution in [1.82, 2.24) is 10.1 Å². The second-order valence-corrected chi connectivity index (χ2v) is 5.20. The maximum absolute atomic E-state index is 13.8. The average Bonchev–Trinajstić information content (AvgIpc) is 2.93. The van der Waals surface area contributed by atoms with Crippen LogP contribution in [0.3, 0.4) is 0 Å². The summed E-state index contributed by atoms with van der Waals surface area (Å²) in [4.78, 5) is 4.28. The number of benzene rings is 1. The van der Waals surface area contributed by atoms with Crippen LogP contribution in [0.1, 0.15) is 32.0 Å². The first-order valence-electron chi connectivity index (χ1n) is 6.62. The monoisotopic (exact) mass is 277 g/mol. The van der Waals surface area contributed by atoms with Crippen molar-refractivity contribution in [1.29, 1.82) is 0 Å². The van der Waals surface area contributed by atoms with Crippen molar-refractivity contribution in [3.8, 4) is 11.5 Å². The summed E-state index contributed by atoms with van der Waals surface area (Å²) in [6.07, 6.45) is 2.91. The Morgan fingerprint density at radius 1 is 1.35 bits per heavy atom. The third-order valence-electron chi connectivity index (χ3n) is 3.59. The number of nitrogens with zero attached hydrogens (tertiary/aromatic N) is 2. The summed E-state index contributed by atoms with van der Waals surface area (Å²) in [5, 5.41) is 3.94. The quantitative estimate of drug-likeness (QED) is 0.854. The molecule has 2 heterocycles. The molecule has 1 aliphatic rings. The third kappa shape index (κ3) is 2.27. The molecule has 1 fully saturated rings. The lowest BCUT2D eigenvalue weighted by atomic mass is 9.95. The molecule has 2 N–H and O–H groups in total. The molecule has 1 saturated heterocycles. The summed E-state index contributed by atoms with van der Waals surface area (Å²) in [6.45, 7) is 2.60. The minimum atomic E-state index is -0.559. The number of hydrogen-bond donors (Lipinski definition) is 1. The molecule has 5 nitrogen and oxygen atoms in total. The fourth-order valence-electron chi connectivity index (χ4n) is 2.36. The highest BCUT2D eigenvalue weighted by Crippen LogP contribution is 2.34. The molecule has 0 aliphatic carbocycles. The van der Waals surface area contributed by atoms with E-state index in [0.717, 1.165) is 19.3 Å². The molecular weight excluding hydrogens is 261 g/mol. The van der Waals surface area contributed by atoms with Crippen LogP contribution in [-0.4, -0.2) is 16.7 Å². The first kappa shape index (κ1) is 13.1. The smallest absolute Gasteiger partial charge is 0.261 e. The normalized spacial score (nSPS) is 22.9. The number of nitrogens with two attached hydrogens (primary N) is 1. The van der Waals surface area contributed by atoms with Crippen LogP contribution in [0.25, 0.3) is 11.5 Å². The summed E-state index contributed by atoms with van der Waals surface area (Å²) >= 11 is 0. The van der Waals surface area contributed by atoms with Crippen LogP contribution in [0.4, 0.5) is 10.1 Å². The zero-order valence-electron chi connectivity index (χ0n) is 11.2. The Kier molecular flexibility index (Phi) is 3.17. The summed E-state index contributed by atoms with van der Waals surface area (Å²) in [6, 6.07) is 4.26. The van der Waals surface area contributed by atoms with Crippen molar-refractivity contribution in [2.24, 2.45) is 0 Å². The van der Waals surface area contributed by atoms with Gasteiger partial charge in [-0.05, 0) is 44.4 Å². The topological polar surface area (TPSA) is 74.2 Å². The molecule has 0 spiro atoms. The van der Waals surface area contributed by atoms with Crippen LogP contribution in [0, 0.1) is 5.82 Å². The van der Waals surface area contributed by atoms with Crippen molar-refractivity contribution < 1.29 is 13.7 Å². The Morgan fingerprint density at radius 3 is 2.95 bits per heavy atom. The van der Waals surface area contributed by atoms with Gasteiger partial charge in [0.1, 0.15) is 11.4 Å². The highest BCUT2D eigenvalue weighted by Gasteiger charge is 2.35. The van der Waals surface area contributed by atoms with Crippen LogP contribution in [0.5, 0.6) is 0 Å². The molecule has 3 rings (SSSR count). The lowest BCUT2D eigenvalue weighted by molar-refractivity contribution is -0.0770. The summed E-state index contributed by atoms with van der Waals surface area (Å²) in [5.41, 5.74) is 5.76. The molecule has 1 atom stereocenters. The number of halogens is 1. The first-order valence-corrected chi connectivity index (χ1v) is 6.62. The number of nitrogen functional groups attached to an aromatic ring is 1. The van der Waals surface area contributed by atoms with E-state index in [1.807, 2.05) is 6.92 Å². The molecule has 2 aromatic rings. The summed E-state index contributed by atoms with van der Waals surface area (Å²) in [5.74, 6) is 0.137. The average molecular weight is 277 g/mol. The van der Waals surface area contributed by atoms with Crippen LogP contribution in [0.15, 0.2) is 22.7 Å². The van der Waals surface area contributed by atoms with Crippen LogP contribution in [-0.2, 0) is 10.3 Å². The van der Waals surface area contributed by atoms with Gasteiger partial charge in [-0.15, -0.1) is 0 Å². The highest BCUT2D eigenvalue weighted by molar-refractivity contribution is 5.60. The van der Waals surface area contributed by atoms with E-state index >= 15 is 0 Å². The maximum Gasteiger partial charge on any atom is 0.261 e. The molecule has 1 aromatic carbocycles. The molecule has 0 bridgehead atoms. The van der Waals surface area contributed by atoms with Crippen LogP contribution < -0.4 is 5.73 Å². The Hall–Kier alpha value is -1.95. The molecule has 106 valence electrons. The molecule has 1 aliphatic heterocycles. The van der Waals surface area contributed by atoms with Gasteiger partial charge >= 0.3 is 0 Å². The van der Waals surface area contributed by atoms with Crippen molar-refractivity contribution >= 4 is 5.69 Å². The van der Waals surface area contributed by atoms with E-state index in [2.05, 4.69) is 10.1 Å². The molecule has 0 saturated carbocycles. The molecule has 0 amide bonds. The minimum Gasteiger partial charge on any atom is -0.399 e. The Morgan fingerprint density at radius 2 is 2.20 bits per heavy atom. The Labute approximate surface area is 115 Å². The lowest BCUT2D eigenvalue weighted by Gasteiger charge is -2.30. The number of hydrogen-bond acceptors (Lipinski definition) is 5. The number of rotatable bonds is 2. The van der Waals surface area contributed by atoms with Crippen LogP contribution >= 0.6 is 0 Å². The van der Waals surface area contributed by atoms with Gasteiger partial charge in [-0.3, -0.25) is 0 Å². The largest absolute Gasteiger partial charge is 0.399 e. The first-order chi connectivity index (χ1) is 9.58. The maximum atomic E-state index is 13.8. The molecule has 1 unspecified atom stereocenters. The second-order valence-electron chi connectivity index (χ2n) is 5.20. The van der Waals surface area contributed by atoms with E-state index in [-0.39, 0.29) is 11.5 Å². The van der Waals surface area contributed by atoms with Crippen molar-refractivity contribution in [2.45, 2.75) is 31.8 Å². The minimum absolute atomic E-state index is 0.125. The predicted octanol–water partition coefficient (Wildman–Crippen LogP) is 2.87. The summed E-state index contributed by atoms with van der Waals surface area (Å²) < 4.78 is 24.7. The predicted molar refractivity (Wildman–Crippen MR) is 71.3 cm³/mol. The molecule has 6 heteroatoms. The number of ether oxygens (including phenoxy) is 1. The fourth-order valence-corrected chi connectivity index (χ4v) is 2.36. The van der Waals surface area contributed by atoms with Crippen molar-refractivity contribution in [3.63, 3.8) is 0 Å². The molecule has 20 heavy (non-hydrogen) atoms. The van der Waals surface area contributed by atoms with Gasteiger partial charge < -0.3 is 15.0 Å². The SMILES string of the molecule is CC1(c2noc(-c3cc(N)ccc3F)n2)CCCCO1.